The zero-order valence-electron chi connectivity index (χ0n) is 13.3. The Morgan fingerprint density at radius 2 is 2.00 bits per heavy atom. The van der Waals surface area contributed by atoms with Crippen LogP contribution in [0.3, 0.4) is 0 Å². The van der Waals surface area contributed by atoms with Crippen LogP contribution in [0.2, 0.25) is 0 Å². The molecule has 0 bridgehead atoms. The van der Waals surface area contributed by atoms with Gasteiger partial charge in [-0.05, 0) is 37.8 Å². The Kier molecular flexibility index (Phi) is 5.56. The van der Waals surface area contributed by atoms with Crippen LogP contribution in [-0.2, 0) is 0 Å². The van der Waals surface area contributed by atoms with Crippen LogP contribution in [0.25, 0.3) is 0 Å². The third-order valence-electron chi connectivity index (χ3n) is 3.67. The van der Waals surface area contributed by atoms with E-state index in [1.165, 1.54) is 6.42 Å². The number of amides is 1. The number of rotatable bonds is 5. The Morgan fingerprint density at radius 1 is 1.29 bits per heavy atom. The fraction of sp³-hybridized carbons (Fsp3) is 0.625. The summed E-state index contributed by atoms with van der Waals surface area (Å²) in [4.78, 5) is 17.0. The topological polar surface area (TPSA) is 57.3 Å². The van der Waals surface area contributed by atoms with Crippen molar-refractivity contribution in [2.45, 2.75) is 46.0 Å². The van der Waals surface area contributed by atoms with Gasteiger partial charge in [0.05, 0.1) is 0 Å². The molecule has 2 heterocycles. The Labute approximate surface area is 127 Å². The summed E-state index contributed by atoms with van der Waals surface area (Å²) in [6.07, 6.45) is 3.55. The average molecular weight is 290 g/mol. The number of nitrogens with zero attached hydrogens (tertiary/aromatic N) is 2. The van der Waals surface area contributed by atoms with Crippen molar-refractivity contribution in [3.8, 4) is 0 Å². The molecule has 0 radical (unpaired) electrons. The largest absolute Gasteiger partial charge is 0.370 e. The van der Waals surface area contributed by atoms with E-state index in [-0.39, 0.29) is 5.91 Å². The molecule has 1 amide bonds. The van der Waals surface area contributed by atoms with E-state index in [1.54, 1.807) is 0 Å². The number of aromatic nitrogens is 1. The predicted molar refractivity (Wildman–Crippen MR) is 85.4 cm³/mol. The summed E-state index contributed by atoms with van der Waals surface area (Å²) < 4.78 is 0. The zero-order valence-corrected chi connectivity index (χ0v) is 13.3. The van der Waals surface area contributed by atoms with Gasteiger partial charge >= 0.3 is 0 Å². The van der Waals surface area contributed by atoms with Gasteiger partial charge in [0.2, 0.25) is 0 Å². The molecule has 5 heteroatoms. The van der Waals surface area contributed by atoms with Crippen LogP contribution in [0.15, 0.2) is 12.1 Å². The van der Waals surface area contributed by atoms with Crippen LogP contribution in [0.5, 0.6) is 0 Å². The Morgan fingerprint density at radius 3 is 2.62 bits per heavy atom. The fourth-order valence-electron chi connectivity index (χ4n) is 2.46. The summed E-state index contributed by atoms with van der Waals surface area (Å²) in [7, 11) is 0. The van der Waals surface area contributed by atoms with Crippen LogP contribution in [-0.4, -0.2) is 35.5 Å². The minimum Gasteiger partial charge on any atom is -0.370 e. The van der Waals surface area contributed by atoms with Crippen molar-refractivity contribution in [1.29, 1.82) is 0 Å². The summed E-state index contributed by atoms with van der Waals surface area (Å²) in [6.45, 7) is 8.87. The summed E-state index contributed by atoms with van der Waals surface area (Å²) in [5, 5.41) is 5.22. The molecule has 1 aromatic rings. The van der Waals surface area contributed by atoms with Crippen LogP contribution in [0.1, 0.15) is 62.0 Å². The monoisotopic (exact) mass is 290 g/mol. The molecule has 116 valence electrons. The molecule has 2 N–H and O–H groups in total. The van der Waals surface area contributed by atoms with Crippen molar-refractivity contribution in [3.05, 3.63) is 23.4 Å². The molecule has 1 aromatic heterocycles. The van der Waals surface area contributed by atoms with E-state index in [0.29, 0.717) is 11.5 Å². The zero-order chi connectivity index (χ0) is 15.2. The maximum atomic E-state index is 12.4. The second-order valence-corrected chi connectivity index (χ2v) is 5.84. The average Bonchev–Trinajstić information content (AvgIpc) is 2.48. The van der Waals surface area contributed by atoms with E-state index in [9.17, 15) is 4.79 Å². The lowest BCUT2D eigenvalue weighted by molar-refractivity contribution is 0.0750. The van der Waals surface area contributed by atoms with E-state index in [1.807, 2.05) is 24.1 Å². The summed E-state index contributed by atoms with van der Waals surface area (Å²) in [5.41, 5.74) is 4.63. The molecular weight excluding hydrogens is 264 g/mol. The lowest BCUT2D eigenvalue weighted by Crippen LogP contribution is -2.45. The van der Waals surface area contributed by atoms with Crippen LogP contribution in [0.4, 0.5) is 5.82 Å². The van der Waals surface area contributed by atoms with E-state index >= 15 is 0 Å². The van der Waals surface area contributed by atoms with Crippen molar-refractivity contribution in [3.63, 3.8) is 0 Å². The smallest absolute Gasteiger partial charge is 0.265 e. The molecule has 0 aromatic carbocycles. The molecule has 1 aliphatic rings. The number of hydrazine groups is 1. The predicted octanol–water partition coefficient (Wildman–Crippen LogP) is 2.77. The summed E-state index contributed by atoms with van der Waals surface area (Å²) >= 11 is 0. The molecule has 0 saturated carbocycles. The number of carbonyl (C=O) groups is 1. The first-order valence-corrected chi connectivity index (χ1v) is 7.92. The molecule has 21 heavy (non-hydrogen) atoms. The minimum atomic E-state index is -0.0413. The molecule has 0 aliphatic carbocycles. The second kappa shape index (κ2) is 7.41. The number of pyridine rings is 1. The highest BCUT2D eigenvalue weighted by Gasteiger charge is 2.16. The van der Waals surface area contributed by atoms with Crippen molar-refractivity contribution in [2.24, 2.45) is 0 Å². The minimum absolute atomic E-state index is 0.0413. The van der Waals surface area contributed by atoms with Crippen molar-refractivity contribution in [2.75, 3.05) is 25.0 Å². The van der Waals surface area contributed by atoms with E-state index < -0.39 is 0 Å². The molecule has 0 unspecified atom stereocenters. The number of anilines is 1. The van der Waals surface area contributed by atoms with Crippen molar-refractivity contribution >= 4 is 11.7 Å². The molecule has 1 saturated heterocycles. The Bertz CT molecular complexity index is 481. The number of nitrogens with one attached hydrogen (secondary N) is 2. The lowest BCUT2D eigenvalue weighted by atomic mass is 10.1. The first-order chi connectivity index (χ1) is 10.1. The normalized spacial score (nSPS) is 16.0. The maximum Gasteiger partial charge on any atom is 0.265 e. The van der Waals surface area contributed by atoms with Crippen LogP contribution in [0, 0.1) is 0 Å². The Balaban J connectivity index is 2.14. The molecule has 1 fully saturated rings. The molecule has 2 rings (SSSR count). The molecule has 5 nitrogen and oxygen atoms in total. The van der Waals surface area contributed by atoms with Crippen LogP contribution < -0.4 is 10.7 Å². The number of hydrogen-bond donors (Lipinski definition) is 2. The standard InChI is InChI=1S/C16H26N4O/c1-4-17-15-11-13(10-14(18-15)12(2)3)16(21)19-20-8-6-5-7-9-20/h10-12H,4-9H2,1-3H3,(H,17,18)(H,19,21). The summed E-state index contributed by atoms with van der Waals surface area (Å²) in [5.74, 6) is 1.03. The number of hydrogen-bond acceptors (Lipinski definition) is 4. The lowest BCUT2D eigenvalue weighted by Gasteiger charge is -2.27. The van der Waals surface area contributed by atoms with Gasteiger partial charge in [0.25, 0.3) is 5.91 Å². The van der Waals surface area contributed by atoms with Gasteiger partial charge in [0, 0.05) is 30.9 Å². The molecular formula is C16H26N4O. The van der Waals surface area contributed by atoms with Gasteiger partial charge in [-0.25, -0.2) is 9.99 Å². The van der Waals surface area contributed by atoms with Gasteiger partial charge in [-0.15, -0.1) is 0 Å². The maximum absolute atomic E-state index is 12.4. The van der Waals surface area contributed by atoms with Crippen molar-refractivity contribution < 1.29 is 4.79 Å². The second-order valence-electron chi connectivity index (χ2n) is 5.84. The van der Waals surface area contributed by atoms with E-state index in [2.05, 4.69) is 29.6 Å². The van der Waals surface area contributed by atoms with E-state index in [0.717, 1.165) is 44.0 Å². The molecule has 0 atom stereocenters. The first kappa shape index (κ1) is 15.8. The molecule has 0 spiro atoms. The highest BCUT2D eigenvalue weighted by molar-refractivity contribution is 5.94. The first-order valence-electron chi connectivity index (χ1n) is 7.92. The molecule has 1 aliphatic heterocycles. The van der Waals surface area contributed by atoms with Gasteiger partial charge < -0.3 is 5.32 Å². The van der Waals surface area contributed by atoms with E-state index in [4.69, 9.17) is 0 Å². The Hall–Kier alpha value is -1.62. The quantitative estimate of drug-likeness (QED) is 0.875. The third-order valence-corrected chi connectivity index (χ3v) is 3.67. The highest BCUT2D eigenvalue weighted by Crippen LogP contribution is 2.18. The summed E-state index contributed by atoms with van der Waals surface area (Å²) in [6, 6.07) is 3.72. The van der Waals surface area contributed by atoms with Gasteiger partial charge in [-0.1, -0.05) is 20.3 Å². The van der Waals surface area contributed by atoms with Crippen LogP contribution >= 0.6 is 0 Å². The van der Waals surface area contributed by atoms with Gasteiger partial charge in [-0.3, -0.25) is 10.2 Å². The van der Waals surface area contributed by atoms with Gasteiger partial charge in [0.1, 0.15) is 5.82 Å². The highest BCUT2D eigenvalue weighted by atomic mass is 16.2. The fourth-order valence-corrected chi connectivity index (χ4v) is 2.46. The van der Waals surface area contributed by atoms with Gasteiger partial charge in [-0.2, -0.15) is 0 Å². The van der Waals surface area contributed by atoms with Gasteiger partial charge in [0.15, 0.2) is 0 Å². The SMILES string of the molecule is CCNc1cc(C(=O)NN2CCCCC2)cc(C(C)C)n1. The third kappa shape index (κ3) is 4.43. The van der Waals surface area contributed by atoms with Crippen molar-refractivity contribution in [1.82, 2.24) is 15.4 Å². The number of piperidine rings is 1. The number of carbonyl (C=O) groups excluding carboxylic acids is 1.